The van der Waals surface area contributed by atoms with Crippen molar-refractivity contribution >= 4 is 51.1 Å². The summed E-state index contributed by atoms with van der Waals surface area (Å²) in [6.45, 7) is 1.42. The van der Waals surface area contributed by atoms with Crippen molar-refractivity contribution < 1.29 is 9.59 Å². The van der Waals surface area contributed by atoms with E-state index >= 15 is 0 Å². The summed E-state index contributed by atoms with van der Waals surface area (Å²) in [5.74, 6) is 0.538. The first kappa shape index (κ1) is 15.4. The number of nitrogens with one attached hydrogen (secondary N) is 2. The molecule has 0 bridgehead atoms. The van der Waals surface area contributed by atoms with Gasteiger partial charge in [-0.1, -0.05) is 29.2 Å². The van der Waals surface area contributed by atoms with E-state index in [1.54, 1.807) is 12.1 Å². The molecule has 0 aliphatic rings. The molecule has 2 amide bonds. The lowest BCUT2D eigenvalue weighted by Crippen LogP contribution is -2.11. The molecule has 3 rings (SSSR count). The number of carbonyl (C=O) groups excluding carboxylic acids is 2. The van der Waals surface area contributed by atoms with Gasteiger partial charge in [-0.3, -0.25) is 9.59 Å². The molecule has 23 heavy (non-hydrogen) atoms. The smallest absolute Gasteiger partial charge is 0.250 e. The fourth-order valence-electron chi connectivity index (χ4n) is 1.95. The fraction of sp³-hybridized carbons (Fsp3) is 0.154. The van der Waals surface area contributed by atoms with Crippen LogP contribution in [0.5, 0.6) is 0 Å². The van der Waals surface area contributed by atoms with Crippen molar-refractivity contribution in [1.29, 1.82) is 0 Å². The van der Waals surface area contributed by atoms with E-state index in [4.69, 9.17) is 5.73 Å². The second-order valence-corrected chi connectivity index (χ2v) is 6.79. The van der Waals surface area contributed by atoms with Gasteiger partial charge in [0.25, 0.3) is 5.91 Å². The quantitative estimate of drug-likeness (QED) is 0.476. The molecule has 0 aliphatic heterocycles. The van der Waals surface area contributed by atoms with Crippen LogP contribution >= 0.6 is 23.1 Å². The van der Waals surface area contributed by atoms with Gasteiger partial charge in [0.2, 0.25) is 11.0 Å². The zero-order chi connectivity index (χ0) is 16.4. The first-order valence-electron chi connectivity index (χ1n) is 6.54. The fourth-order valence-corrected chi connectivity index (χ4v) is 3.62. The van der Waals surface area contributed by atoms with Crippen LogP contribution in [0.25, 0.3) is 11.0 Å². The van der Waals surface area contributed by atoms with Gasteiger partial charge in [-0.2, -0.15) is 0 Å². The molecular formula is C13H12N6O2S2. The predicted molar refractivity (Wildman–Crippen MR) is 88.4 cm³/mol. The van der Waals surface area contributed by atoms with Crippen molar-refractivity contribution in [3.8, 4) is 0 Å². The van der Waals surface area contributed by atoms with Crippen molar-refractivity contribution in [2.45, 2.75) is 17.0 Å². The minimum Gasteiger partial charge on any atom is -0.366 e. The number of nitrogens with two attached hydrogens (primary N) is 1. The summed E-state index contributed by atoms with van der Waals surface area (Å²) in [7, 11) is 0. The number of carbonyl (C=O) groups is 2. The number of rotatable bonds is 5. The lowest BCUT2D eigenvalue weighted by molar-refractivity contribution is -0.114. The van der Waals surface area contributed by atoms with Crippen LogP contribution < -0.4 is 11.1 Å². The number of amides is 2. The standard InChI is InChI=1S/C13H12N6O2S2/c1-6(20)15-12-18-19-13(23-12)22-5-9-16-8-4-2-3-7(11(14)21)10(8)17-9/h2-4H,5H2,1H3,(H2,14,21)(H,16,17)(H,15,18,20). The highest BCUT2D eigenvalue weighted by atomic mass is 32.2. The van der Waals surface area contributed by atoms with Crippen LogP contribution in [0.2, 0.25) is 0 Å². The number of imidazole rings is 1. The monoisotopic (exact) mass is 348 g/mol. The van der Waals surface area contributed by atoms with Crippen LogP contribution in [-0.2, 0) is 10.5 Å². The maximum atomic E-state index is 11.4. The number of benzene rings is 1. The van der Waals surface area contributed by atoms with Gasteiger partial charge in [-0.05, 0) is 12.1 Å². The highest BCUT2D eigenvalue weighted by molar-refractivity contribution is 8.00. The predicted octanol–water partition coefficient (Wildman–Crippen LogP) is 1.76. The molecular weight excluding hydrogens is 336 g/mol. The minimum atomic E-state index is -0.509. The van der Waals surface area contributed by atoms with E-state index in [1.807, 2.05) is 6.07 Å². The summed E-state index contributed by atoms with van der Waals surface area (Å²) < 4.78 is 0.712. The molecule has 2 heterocycles. The maximum Gasteiger partial charge on any atom is 0.250 e. The second kappa shape index (κ2) is 6.34. The molecule has 2 aromatic heterocycles. The molecule has 3 aromatic rings. The van der Waals surface area contributed by atoms with E-state index in [1.165, 1.54) is 30.0 Å². The number of thioether (sulfide) groups is 1. The van der Waals surface area contributed by atoms with E-state index in [9.17, 15) is 9.59 Å². The molecule has 4 N–H and O–H groups in total. The van der Waals surface area contributed by atoms with Gasteiger partial charge in [0.1, 0.15) is 11.3 Å². The lowest BCUT2D eigenvalue weighted by atomic mass is 10.2. The summed E-state index contributed by atoms with van der Waals surface area (Å²) in [6, 6.07) is 5.23. The average molecular weight is 348 g/mol. The van der Waals surface area contributed by atoms with Crippen LogP contribution in [0.3, 0.4) is 0 Å². The average Bonchev–Trinajstić information content (AvgIpc) is 3.09. The number of aromatic nitrogens is 4. The van der Waals surface area contributed by atoms with Gasteiger partial charge in [0, 0.05) is 6.92 Å². The molecule has 0 radical (unpaired) electrons. The van der Waals surface area contributed by atoms with Gasteiger partial charge in [-0.15, -0.1) is 10.2 Å². The maximum absolute atomic E-state index is 11.4. The third kappa shape index (κ3) is 3.48. The summed E-state index contributed by atoms with van der Waals surface area (Å²) in [4.78, 5) is 29.9. The van der Waals surface area contributed by atoms with Crippen molar-refractivity contribution in [2.24, 2.45) is 5.73 Å². The van der Waals surface area contributed by atoms with Crippen LogP contribution in [0.1, 0.15) is 23.1 Å². The SMILES string of the molecule is CC(=O)Nc1nnc(SCc2nc3c(C(N)=O)cccc3[nH]2)s1. The highest BCUT2D eigenvalue weighted by Crippen LogP contribution is 2.28. The van der Waals surface area contributed by atoms with E-state index < -0.39 is 5.91 Å². The summed E-state index contributed by atoms with van der Waals surface area (Å²) in [5, 5.41) is 10.9. The molecule has 118 valence electrons. The molecule has 1 aromatic carbocycles. The molecule has 0 spiro atoms. The molecule has 0 fully saturated rings. The summed E-state index contributed by atoms with van der Waals surface area (Å²) in [5.41, 5.74) is 7.05. The Kier molecular flexibility index (Phi) is 4.26. The number of primary amides is 1. The third-order valence-corrected chi connectivity index (χ3v) is 4.83. The molecule has 8 nitrogen and oxygen atoms in total. The van der Waals surface area contributed by atoms with E-state index in [0.29, 0.717) is 32.1 Å². The number of anilines is 1. The van der Waals surface area contributed by atoms with Crippen molar-refractivity contribution in [3.05, 3.63) is 29.6 Å². The Labute approximate surface area is 138 Å². The van der Waals surface area contributed by atoms with Gasteiger partial charge >= 0.3 is 0 Å². The Morgan fingerprint density at radius 3 is 2.96 bits per heavy atom. The number of H-pyrrole nitrogens is 1. The number of nitrogens with zero attached hydrogens (tertiary/aromatic N) is 3. The van der Waals surface area contributed by atoms with Crippen molar-refractivity contribution in [2.75, 3.05) is 5.32 Å². The van der Waals surface area contributed by atoms with Gasteiger partial charge in [0.05, 0.1) is 16.8 Å². The van der Waals surface area contributed by atoms with Crippen molar-refractivity contribution in [3.63, 3.8) is 0 Å². The number of fused-ring (bicyclic) bond motifs is 1. The zero-order valence-corrected chi connectivity index (χ0v) is 13.6. The first-order chi connectivity index (χ1) is 11.0. The highest BCUT2D eigenvalue weighted by Gasteiger charge is 2.12. The Balaban J connectivity index is 1.74. The zero-order valence-electron chi connectivity index (χ0n) is 12.0. The third-order valence-electron chi connectivity index (χ3n) is 2.85. The van der Waals surface area contributed by atoms with E-state index in [0.717, 1.165) is 5.52 Å². The molecule has 0 saturated carbocycles. The Bertz CT molecular complexity index is 888. The van der Waals surface area contributed by atoms with E-state index in [2.05, 4.69) is 25.5 Å². The van der Waals surface area contributed by atoms with Gasteiger partial charge in [-0.25, -0.2) is 4.98 Å². The lowest BCUT2D eigenvalue weighted by Gasteiger charge is -1.94. The molecule has 10 heteroatoms. The number of hydrogen-bond donors (Lipinski definition) is 3. The van der Waals surface area contributed by atoms with Crippen molar-refractivity contribution in [1.82, 2.24) is 20.2 Å². The summed E-state index contributed by atoms with van der Waals surface area (Å²) in [6.07, 6.45) is 0. The van der Waals surface area contributed by atoms with E-state index in [-0.39, 0.29) is 5.91 Å². The Hall–Kier alpha value is -2.46. The van der Waals surface area contributed by atoms with Crippen LogP contribution in [0, 0.1) is 0 Å². The normalized spacial score (nSPS) is 10.8. The topological polar surface area (TPSA) is 127 Å². The van der Waals surface area contributed by atoms with Gasteiger partial charge < -0.3 is 16.0 Å². The number of hydrogen-bond acceptors (Lipinski definition) is 7. The largest absolute Gasteiger partial charge is 0.366 e. The Morgan fingerprint density at radius 2 is 2.22 bits per heavy atom. The number of para-hydroxylation sites is 1. The Morgan fingerprint density at radius 1 is 1.39 bits per heavy atom. The molecule has 0 atom stereocenters. The van der Waals surface area contributed by atoms with Gasteiger partial charge in [0.15, 0.2) is 4.34 Å². The first-order valence-corrected chi connectivity index (χ1v) is 8.34. The molecule has 0 unspecified atom stereocenters. The molecule has 0 aliphatic carbocycles. The molecule has 0 saturated heterocycles. The van der Waals surface area contributed by atoms with Crippen LogP contribution in [0.15, 0.2) is 22.5 Å². The second-order valence-electron chi connectivity index (χ2n) is 4.59. The number of aromatic amines is 1. The van der Waals surface area contributed by atoms with Crippen LogP contribution in [0.4, 0.5) is 5.13 Å². The summed E-state index contributed by atoms with van der Waals surface area (Å²) >= 11 is 2.72. The van der Waals surface area contributed by atoms with Crippen LogP contribution in [-0.4, -0.2) is 32.0 Å². The minimum absolute atomic E-state index is 0.186.